The summed E-state index contributed by atoms with van der Waals surface area (Å²) in [6, 6.07) is 19.2. The number of carbonyl (C=O) groups is 2. The number of hydrogen-bond donors (Lipinski definition) is 0. The van der Waals surface area contributed by atoms with Crippen LogP contribution < -0.4 is 9.47 Å². The predicted octanol–water partition coefficient (Wildman–Crippen LogP) is 5.09. The first-order valence-electron chi connectivity index (χ1n) is 12.1. The summed E-state index contributed by atoms with van der Waals surface area (Å²) >= 11 is 0. The molecule has 0 fully saturated rings. The second-order valence-corrected chi connectivity index (χ2v) is 8.13. The van der Waals surface area contributed by atoms with E-state index in [9.17, 15) is 9.59 Å². The molecule has 3 aromatic carbocycles. The van der Waals surface area contributed by atoms with Crippen molar-refractivity contribution in [3.8, 4) is 11.5 Å². The third-order valence-corrected chi connectivity index (χ3v) is 5.43. The van der Waals surface area contributed by atoms with E-state index in [0.717, 1.165) is 11.1 Å². The van der Waals surface area contributed by atoms with E-state index < -0.39 is 11.9 Å². The lowest BCUT2D eigenvalue weighted by molar-refractivity contribution is 0.0458. The molecule has 8 heteroatoms. The molecular formula is C30H32O8. The van der Waals surface area contributed by atoms with Crippen LogP contribution in [0.15, 0.2) is 73.3 Å². The predicted molar refractivity (Wildman–Crippen MR) is 142 cm³/mol. The SMILES string of the molecule is C=Cc1cc(C(=O)OCc2ccc(OCCOC)cc2)ccc1C(=O)OCc1ccc(OCCOC)cc1. The van der Waals surface area contributed by atoms with Gasteiger partial charge in [-0.1, -0.05) is 36.9 Å². The lowest BCUT2D eigenvalue weighted by Gasteiger charge is -2.11. The first kappa shape index (κ1) is 28.4. The summed E-state index contributed by atoms with van der Waals surface area (Å²) in [5.41, 5.74) is 2.72. The molecule has 0 bridgehead atoms. The van der Waals surface area contributed by atoms with Crippen LogP contribution in [0.3, 0.4) is 0 Å². The molecule has 200 valence electrons. The van der Waals surface area contributed by atoms with Crippen molar-refractivity contribution in [1.82, 2.24) is 0 Å². The fourth-order valence-corrected chi connectivity index (χ4v) is 3.35. The molecule has 8 nitrogen and oxygen atoms in total. The minimum atomic E-state index is -0.520. The normalized spacial score (nSPS) is 10.5. The Balaban J connectivity index is 1.53. The smallest absolute Gasteiger partial charge is 0.339 e. The lowest BCUT2D eigenvalue weighted by Crippen LogP contribution is -2.10. The van der Waals surface area contributed by atoms with E-state index in [1.54, 1.807) is 44.6 Å². The number of benzene rings is 3. The van der Waals surface area contributed by atoms with Gasteiger partial charge in [0.15, 0.2) is 0 Å². The van der Waals surface area contributed by atoms with Crippen LogP contribution in [0.25, 0.3) is 6.08 Å². The fraction of sp³-hybridized carbons (Fsp3) is 0.267. The molecule has 38 heavy (non-hydrogen) atoms. The Morgan fingerprint density at radius 3 is 1.66 bits per heavy atom. The summed E-state index contributed by atoms with van der Waals surface area (Å²) in [5.74, 6) is 0.381. The minimum Gasteiger partial charge on any atom is -0.491 e. The van der Waals surface area contributed by atoms with E-state index in [1.807, 2.05) is 24.3 Å². The first-order valence-corrected chi connectivity index (χ1v) is 12.1. The van der Waals surface area contributed by atoms with Crippen LogP contribution >= 0.6 is 0 Å². The van der Waals surface area contributed by atoms with Crippen LogP contribution in [0.2, 0.25) is 0 Å². The molecule has 3 aromatic rings. The number of rotatable bonds is 15. The van der Waals surface area contributed by atoms with Gasteiger partial charge in [0.05, 0.1) is 24.3 Å². The molecular weight excluding hydrogens is 488 g/mol. The van der Waals surface area contributed by atoms with Crippen LogP contribution in [0.1, 0.15) is 37.4 Å². The fourth-order valence-electron chi connectivity index (χ4n) is 3.35. The highest BCUT2D eigenvalue weighted by atomic mass is 16.5. The second kappa shape index (κ2) is 15.2. The van der Waals surface area contributed by atoms with Crippen molar-refractivity contribution in [2.24, 2.45) is 0 Å². The maximum absolute atomic E-state index is 12.7. The Hall–Kier alpha value is -4.14. The molecule has 0 aromatic heterocycles. The molecule has 0 aliphatic carbocycles. The Morgan fingerprint density at radius 1 is 0.684 bits per heavy atom. The Bertz CT molecular complexity index is 1190. The summed E-state index contributed by atoms with van der Waals surface area (Å²) in [4.78, 5) is 25.3. The summed E-state index contributed by atoms with van der Waals surface area (Å²) in [5, 5.41) is 0. The third kappa shape index (κ3) is 8.76. The average molecular weight is 521 g/mol. The molecule has 0 heterocycles. The zero-order chi connectivity index (χ0) is 27.2. The zero-order valence-electron chi connectivity index (χ0n) is 21.6. The number of ether oxygens (including phenoxy) is 6. The van der Waals surface area contributed by atoms with Gasteiger partial charge in [-0.05, 0) is 59.2 Å². The maximum atomic E-state index is 12.7. The molecule has 0 radical (unpaired) electrons. The highest BCUT2D eigenvalue weighted by Gasteiger charge is 2.16. The first-order chi connectivity index (χ1) is 18.5. The molecule has 0 atom stereocenters. The van der Waals surface area contributed by atoms with Crippen molar-refractivity contribution >= 4 is 18.0 Å². The van der Waals surface area contributed by atoms with Crippen molar-refractivity contribution in [3.05, 3.63) is 101 Å². The standard InChI is InChI=1S/C30H32O8/c1-4-24-19-25(29(31)37-20-22-5-10-26(11-6-22)35-17-15-33-2)9-14-28(24)30(32)38-21-23-7-12-27(13-8-23)36-18-16-34-3/h4-14,19H,1,15-18,20-21H2,2-3H3. The van der Waals surface area contributed by atoms with E-state index >= 15 is 0 Å². The van der Waals surface area contributed by atoms with Gasteiger partial charge >= 0.3 is 11.9 Å². The second-order valence-electron chi connectivity index (χ2n) is 8.13. The topological polar surface area (TPSA) is 89.5 Å². The van der Waals surface area contributed by atoms with E-state index in [0.29, 0.717) is 54.6 Å². The molecule has 0 saturated carbocycles. The van der Waals surface area contributed by atoms with Gasteiger partial charge < -0.3 is 28.4 Å². The van der Waals surface area contributed by atoms with Crippen molar-refractivity contribution in [1.29, 1.82) is 0 Å². The Kier molecular flexibility index (Phi) is 11.4. The molecule has 0 amide bonds. The lowest BCUT2D eigenvalue weighted by atomic mass is 10.0. The molecule has 0 saturated heterocycles. The minimum absolute atomic E-state index is 0.0910. The van der Waals surface area contributed by atoms with Crippen LogP contribution in [0.5, 0.6) is 11.5 Å². The number of hydrogen-bond acceptors (Lipinski definition) is 8. The number of esters is 2. The maximum Gasteiger partial charge on any atom is 0.339 e. The van der Waals surface area contributed by atoms with Crippen molar-refractivity contribution < 1.29 is 38.0 Å². The van der Waals surface area contributed by atoms with Gasteiger partial charge in [-0.15, -0.1) is 0 Å². The number of methoxy groups -OCH3 is 2. The molecule has 0 aliphatic rings. The Labute approximate surface area is 222 Å². The van der Waals surface area contributed by atoms with Gasteiger partial charge in [0.1, 0.15) is 37.9 Å². The van der Waals surface area contributed by atoms with E-state index in [-0.39, 0.29) is 13.2 Å². The Morgan fingerprint density at radius 2 is 1.18 bits per heavy atom. The molecule has 0 N–H and O–H groups in total. The summed E-state index contributed by atoms with van der Waals surface area (Å²) in [7, 11) is 3.23. The van der Waals surface area contributed by atoms with Gasteiger partial charge in [0, 0.05) is 14.2 Å². The monoisotopic (exact) mass is 520 g/mol. The average Bonchev–Trinajstić information content (AvgIpc) is 2.96. The van der Waals surface area contributed by atoms with Gasteiger partial charge in [-0.2, -0.15) is 0 Å². The summed E-state index contributed by atoms with van der Waals surface area (Å²) in [6.07, 6.45) is 1.50. The molecule has 0 spiro atoms. The van der Waals surface area contributed by atoms with Crippen molar-refractivity contribution in [2.45, 2.75) is 13.2 Å². The van der Waals surface area contributed by atoms with Crippen molar-refractivity contribution in [3.63, 3.8) is 0 Å². The third-order valence-electron chi connectivity index (χ3n) is 5.43. The van der Waals surface area contributed by atoms with Crippen LogP contribution in [-0.4, -0.2) is 52.6 Å². The van der Waals surface area contributed by atoms with Gasteiger partial charge in [-0.3, -0.25) is 0 Å². The largest absolute Gasteiger partial charge is 0.491 e. The summed E-state index contributed by atoms with van der Waals surface area (Å²) in [6.45, 7) is 5.86. The van der Waals surface area contributed by atoms with Crippen molar-refractivity contribution in [2.75, 3.05) is 40.6 Å². The van der Waals surface area contributed by atoms with Gasteiger partial charge in [0.25, 0.3) is 0 Å². The van der Waals surface area contributed by atoms with Crippen LogP contribution in [0.4, 0.5) is 0 Å². The zero-order valence-corrected chi connectivity index (χ0v) is 21.6. The van der Waals surface area contributed by atoms with Gasteiger partial charge in [-0.25, -0.2) is 9.59 Å². The van der Waals surface area contributed by atoms with E-state index in [2.05, 4.69) is 6.58 Å². The summed E-state index contributed by atoms with van der Waals surface area (Å²) < 4.78 is 31.9. The quantitative estimate of drug-likeness (QED) is 0.202. The highest BCUT2D eigenvalue weighted by Crippen LogP contribution is 2.19. The molecule has 3 rings (SSSR count). The van der Waals surface area contributed by atoms with Gasteiger partial charge in [0.2, 0.25) is 0 Å². The van der Waals surface area contributed by atoms with E-state index in [4.69, 9.17) is 28.4 Å². The molecule has 0 aliphatic heterocycles. The number of carbonyl (C=O) groups excluding carboxylic acids is 2. The van der Waals surface area contributed by atoms with Crippen LogP contribution in [-0.2, 0) is 32.2 Å². The van der Waals surface area contributed by atoms with Crippen LogP contribution in [0, 0.1) is 0 Å². The highest BCUT2D eigenvalue weighted by molar-refractivity contribution is 5.97. The molecule has 0 unspecified atom stereocenters. The van der Waals surface area contributed by atoms with E-state index in [1.165, 1.54) is 18.2 Å².